The molecule has 0 aromatic heterocycles. The van der Waals surface area contributed by atoms with Gasteiger partial charge in [0.05, 0.1) is 11.5 Å². The zero-order chi connectivity index (χ0) is 19.7. The van der Waals surface area contributed by atoms with E-state index in [1.165, 1.54) is 0 Å². The van der Waals surface area contributed by atoms with Crippen LogP contribution in [0.25, 0.3) is 0 Å². The van der Waals surface area contributed by atoms with E-state index in [9.17, 15) is 13.2 Å². The molecule has 2 saturated heterocycles. The van der Waals surface area contributed by atoms with Crippen LogP contribution in [0.15, 0.2) is 18.2 Å². The van der Waals surface area contributed by atoms with Gasteiger partial charge in [-0.2, -0.15) is 0 Å². The predicted octanol–water partition coefficient (Wildman–Crippen LogP) is 0.950. The Morgan fingerprint density at radius 2 is 1.96 bits per heavy atom. The first-order valence-electron chi connectivity index (χ1n) is 9.71. The largest absolute Gasteiger partial charge is 0.481 e. The summed E-state index contributed by atoms with van der Waals surface area (Å²) in [4.78, 5) is 14.7. The Kier molecular flexibility index (Phi) is 5.37. The average Bonchev–Trinajstić information content (AvgIpc) is 3.27. The van der Waals surface area contributed by atoms with Gasteiger partial charge in [-0.3, -0.25) is 9.69 Å². The quantitative estimate of drug-likeness (QED) is 0.772. The summed E-state index contributed by atoms with van der Waals surface area (Å²) in [6.45, 7) is 3.53. The number of ether oxygens (including phenoxy) is 3. The maximum absolute atomic E-state index is 12.5. The van der Waals surface area contributed by atoms with Crippen molar-refractivity contribution in [3.8, 4) is 17.2 Å². The smallest absolute Gasteiger partial charge is 0.260 e. The third kappa shape index (κ3) is 4.35. The zero-order valence-electron chi connectivity index (χ0n) is 15.9. The lowest BCUT2D eigenvalue weighted by Crippen LogP contribution is -2.50. The van der Waals surface area contributed by atoms with Gasteiger partial charge in [-0.1, -0.05) is 0 Å². The van der Waals surface area contributed by atoms with Gasteiger partial charge in [0.15, 0.2) is 27.4 Å². The average molecular weight is 410 g/mol. The van der Waals surface area contributed by atoms with Crippen LogP contribution < -0.4 is 19.5 Å². The molecule has 8 nitrogen and oxygen atoms in total. The molecular formula is C19H26N2O6S. The SMILES string of the molecule is C[C@@H](Oc1ccc2c(c1)OCO2)C(=O)NC1CCN([C@@H]2CCS(=O)(=O)C2)CC1. The fourth-order valence-corrected chi connectivity index (χ4v) is 5.76. The number of likely N-dealkylation sites (tertiary alicyclic amines) is 1. The van der Waals surface area contributed by atoms with Crippen molar-refractivity contribution in [3.63, 3.8) is 0 Å². The number of carbonyl (C=O) groups is 1. The van der Waals surface area contributed by atoms with Crippen LogP contribution in [-0.2, 0) is 14.6 Å². The first-order chi connectivity index (χ1) is 13.4. The van der Waals surface area contributed by atoms with Gasteiger partial charge in [0.2, 0.25) is 6.79 Å². The fourth-order valence-electron chi connectivity index (χ4n) is 4.00. The number of nitrogens with zero attached hydrogens (tertiary/aromatic N) is 1. The van der Waals surface area contributed by atoms with Gasteiger partial charge in [0, 0.05) is 31.2 Å². The number of sulfone groups is 1. The highest BCUT2D eigenvalue weighted by Gasteiger charge is 2.34. The number of rotatable bonds is 5. The molecule has 0 unspecified atom stereocenters. The van der Waals surface area contributed by atoms with Crippen molar-refractivity contribution in [1.29, 1.82) is 0 Å². The number of piperidine rings is 1. The molecule has 0 aliphatic carbocycles. The number of nitrogens with one attached hydrogen (secondary N) is 1. The molecular weight excluding hydrogens is 384 g/mol. The van der Waals surface area contributed by atoms with Gasteiger partial charge in [-0.25, -0.2) is 8.42 Å². The molecule has 4 rings (SSSR count). The summed E-state index contributed by atoms with van der Waals surface area (Å²) < 4.78 is 39.7. The molecule has 0 spiro atoms. The van der Waals surface area contributed by atoms with E-state index in [2.05, 4.69) is 10.2 Å². The number of amides is 1. The van der Waals surface area contributed by atoms with Gasteiger partial charge in [-0.15, -0.1) is 0 Å². The summed E-state index contributed by atoms with van der Waals surface area (Å²) in [5, 5.41) is 3.05. The third-order valence-electron chi connectivity index (χ3n) is 5.63. The predicted molar refractivity (Wildman–Crippen MR) is 102 cm³/mol. The lowest BCUT2D eigenvalue weighted by atomic mass is 10.0. The first kappa shape index (κ1) is 19.3. The van der Waals surface area contributed by atoms with Crippen LogP contribution in [0.3, 0.4) is 0 Å². The Hall–Kier alpha value is -2.00. The Bertz CT molecular complexity index is 835. The number of carbonyl (C=O) groups excluding carboxylic acids is 1. The minimum absolute atomic E-state index is 0.0876. The van der Waals surface area contributed by atoms with Crippen molar-refractivity contribution in [3.05, 3.63) is 18.2 Å². The van der Waals surface area contributed by atoms with Crippen LogP contribution >= 0.6 is 0 Å². The molecule has 2 atom stereocenters. The maximum Gasteiger partial charge on any atom is 0.260 e. The highest BCUT2D eigenvalue weighted by Crippen LogP contribution is 2.35. The van der Waals surface area contributed by atoms with E-state index in [1.807, 2.05) is 0 Å². The standard InChI is InChI=1S/C19H26N2O6S/c1-13(27-16-2-3-17-18(10-16)26-12-25-17)19(22)20-14-4-7-21(8-5-14)15-6-9-28(23,24)11-15/h2-3,10,13-15H,4-9,11-12H2,1H3,(H,20,22)/t13-,15-/m1/s1. The van der Waals surface area contributed by atoms with Gasteiger partial charge in [-0.05, 0) is 38.3 Å². The zero-order valence-corrected chi connectivity index (χ0v) is 16.7. The highest BCUT2D eigenvalue weighted by atomic mass is 32.2. The summed E-state index contributed by atoms with van der Waals surface area (Å²) in [5.74, 6) is 2.26. The van der Waals surface area contributed by atoms with Gasteiger partial charge >= 0.3 is 0 Å². The molecule has 3 aliphatic heterocycles. The lowest BCUT2D eigenvalue weighted by molar-refractivity contribution is -0.128. The molecule has 3 heterocycles. The van der Waals surface area contributed by atoms with Gasteiger partial charge in [0.1, 0.15) is 5.75 Å². The molecule has 9 heteroatoms. The molecule has 0 bridgehead atoms. The maximum atomic E-state index is 12.5. The van der Waals surface area contributed by atoms with Crippen LogP contribution in [0, 0.1) is 0 Å². The summed E-state index contributed by atoms with van der Waals surface area (Å²) >= 11 is 0. The van der Waals surface area contributed by atoms with E-state index in [0.29, 0.717) is 23.0 Å². The van der Waals surface area contributed by atoms with Crippen molar-refractivity contribution in [2.45, 2.75) is 44.4 Å². The molecule has 2 fully saturated rings. The van der Waals surface area contributed by atoms with Crippen LogP contribution in [0.1, 0.15) is 26.2 Å². The van der Waals surface area contributed by atoms with Crippen molar-refractivity contribution in [1.82, 2.24) is 10.2 Å². The number of hydrogen-bond donors (Lipinski definition) is 1. The molecule has 28 heavy (non-hydrogen) atoms. The second-order valence-corrected chi connectivity index (χ2v) is 9.88. The van der Waals surface area contributed by atoms with Crippen molar-refractivity contribution in [2.75, 3.05) is 31.4 Å². The Morgan fingerprint density at radius 1 is 1.21 bits per heavy atom. The van der Waals surface area contributed by atoms with Crippen molar-refractivity contribution >= 4 is 15.7 Å². The van der Waals surface area contributed by atoms with Gasteiger partial charge < -0.3 is 19.5 Å². The van der Waals surface area contributed by atoms with Gasteiger partial charge in [0.25, 0.3) is 5.91 Å². The van der Waals surface area contributed by atoms with Crippen molar-refractivity contribution < 1.29 is 27.4 Å². The molecule has 3 aliphatic rings. The minimum Gasteiger partial charge on any atom is -0.481 e. The Labute approximate surface area is 165 Å². The van der Waals surface area contributed by atoms with E-state index >= 15 is 0 Å². The lowest BCUT2D eigenvalue weighted by Gasteiger charge is -2.36. The molecule has 1 amide bonds. The van der Waals surface area contributed by atoms with E-state index < -0.39 is 15.9 Å². The van der Waals surface area contributed by atoms with E-state index in [4.69, 9.17) is 14.2 Å². The second-order valence-electron chi connectivity index (χ2n) is 7.65. The Morgan fingerprint density at radius 3 is 2.68 bits per heavy atom. The summed E-state index contributed by atoms with van der Waals surface area (Å²) in [6.07, 6.45) is 1.73. The molecule has 154 valence electrons. The number of hydrogen-bond acceptors (Lipinski definition) is 7. The number of benzene rings is 1. The molecule has 0 saturated carbocycles. The van der Waals surface area contributed by atoms with E-state index in [1.54, 1.807) is 25.1 Å². The van der Waals surface area contributed by atoms with Crippen LogP contribution in [0.4, 0.5) is 0 Å². The van der Waals surface area contributed by atoms with Crippen LogP contribution in [0.5, 0.6) is 17.2 Å². The van der Waals surface area contributed by atoms with Crippen LogP contribution in [-0.4, -0.2) is 68.8 Å². The van der Waals surface area contributed by atoms with E-state index in [-0.39, 0.29) is 30.5 Å². The monoisotopic (exact) mass is 410 g/mol. The first-order valence-corrected chi connectivity index (χ1v) is 11.5. The van der Waals surface area contributed by atoms with Crippen molar-refractivity contribution in [2.24, 2.45) is 0 Å². The topological polar surface area (TPSA) is 94.2 Å². The molecule has 1 aromatic carbocycles. The second kappa shape index (κ2) is 7.79. The molecule has 1 N–H and O–H groups in total. The number of fused-ring (bicyclic) bond motifs is 1. The van der Waals surface area contributed by atoms with E-state index in [0.717, 1.165) is 32.4 Å². The minimum atomic E-state index is -2.87. The molecule has 1 aromatic rings. The normalized spacial score (nSPS) is 25.4. The third-order valence-corrected chi connectivity index (χ3v) is 7.38. The van der Waals surface area contributed by atoms with Crippen LogP contribution in [0.2, 0.25) is 0 Å². The summed E-state index contributed by atoms with van der Waals surface area (Å²) in [5.41, 5.74) is 0. The summed E-state index contributed by atoms with van der Waals surface area (Å²) in [7, 11) is -2.87. The summed E-state index contributed by atoms with van der Waals surface area (Å²) in [6, 6.07) is 5.46. The highest BCUT2D eigenvalue weighted by molar-refractivity contribution is 7.91. The molecule has 0 radical (unpaired) electrons. The Balaban J connectivity index is 1.24. The fraction of sp³-hybridized carbons (Fsp3) is 0.632.